The molecule has 1 N–H and O–H groups in total. The molecule has 0 spiro atoms. The van der Waals surface area contributed by atoms with E-state index in [0.717, 1.165) is 22.7 Å². The summed E-state index contributed by atoms with van der Waals surface area (Å²) in [6.07, 6.45) is 4.67. The fourth-order valence-electron chi connectivity index (χ4n) is 2.86. The maximum absolute atomic E-state index is 12.3. The molecule has 3 rings (SSSR count). The number of benzene rings is 1. The molecule has 1 amide bonds. The Balaban J connectivity index is 1.72. The maximum atomic E-state index is 12.3. The van der Waals surface area contributed by atoms with Crippen LogP contribution >= 0.6 is 0 Å². The summed E-state index contributed by atoms with van der Waals surface area (Å²) >= 11 is 0. The lowest BCUT2D eigenvalue weighted by Gasteiger charge is -2.14. The second kappa shape index (κ2) is 7.86. The van der Waals surface area contributed by atoms with Crippen LogP contribution in [0, 0.1) is 6.92 Å². The van der Waals surface area contributed by atoms with Gasteiger partial charge in [-0.2, -0.15) is 5.10 Å². The number of nitrogens with one attached hydrogen (secondary N) is 1. The number of ether oxygens (including phenoxy) is 1. The number of nitrogens with zero attached hydrogens (tertiary/aromatic N) is 4. The fraction of sp³-hybridized carbons (Fsp3) is 0.263. The minimum absolute atomic E-state index is 0.0807. The van der Waals surface area contributed by atoms with Gasteiger partial charge in [-0.1, -0.05) is 0 Å². The smallest absolute Gasteiger partial charge is 0.347 e. The molecular weight excluding hydrogens is 346 g/mol. The van der Waals surface area contributed by atoms with Gasteiger partial charge in [-0.15, -0.1) is 0 Å². The summed E-state index contributed by atoms with van der Waals surface area (Å²) in [6, 6.07) is 8.93. The molecule has 140 valence electrons. The van der Waals surface area contributed by atoms with Crippen molar-refractivity contribution in [1.82, 2.24) is 24.6 Å². The van der Waals surface area contributed by atoms with Crippen molar-refractivity contribution in [2.75, 3.05) is 7.11 Å². The number of carbonyl (C=O) groups is 1. The Morgan fingerprint density at radius 3 is 2.70 bits per heavy atom. The summed E-state index contributed by atoms with van der Waals surface area (Å²) < 4.78 is 8.24. The molecule has 0 saturated carbocycles. The van der Waals surface area contributed by atoms with E-state index >= 15 is 0 Å². The number of aromatic nitrogens is 4. The van der Waals surface area contributed by atoms with Crippen LogP contribution in [0.2, 0.25) is 0 Å². The van der Waals surface area contributed by atoms with Crippen LogP contribution in [0.25, 0.3) is 5.69 Å². The normalized spacial score (nSPS) is 11.8. The third-order valence-electron chi connectivity index (χ3n) is 4.31. The van der Waals surface area contributed by atoms with Crippen molar-refractivity contribution in [2.24, 2.45) is 0 Å². The standard InChI is InChI=1S/C19H21N5O3/c1-13(22-18(25)12-23-10-4-9-20-19(23)26)17-11-21-24(14(17)2)15-5-7-16(27-3)8-6-15/h4-11,13H,12H2,1-3H3,(H,22,25)/t13-/m0/s1. The third kappa shape index (κ3) is 4.05. The molecule has 0 unspecified atom stereocenters. The molecule has 0 radical (unpaired) electrons. The summed E-state index contributed by atoms with van der Waals surface area (Å²) in [5.41, 5.74) is 2.27. The molecule has 1 aromatic carbocycles. The zero-order valence-corrected chi connectivity index (χ0v) is 15.4. The molecular formula is C19H21N5O3. The average Bonchev–Trinajstić information content (AvgIpc) is 3.05. The van der Waals surface area contributed by atoms with Gasteiger partial charge in [0.2, 0.25) is 5.91 Å². The topological polar surface area (TPSA) is 91.0 Å². The number of hydrogen-bond donors (Lipinski definition) is 1. The van der Waals surface area contributed by atoms with E-state index in [-0.39, 0.29) is 18.5 Å². The van der Waals surface area contributed by atoms with Crippen molar-refractivity contribution in [3.63, 3.8) is 0 Å². The maximum Gasteiger partial charge on any atom is 0.347 e. The highest BCUT2D eigenvalue weighted by atomic mass is 16.5. The highest BCUT2D eigenvalue weighted by molar-refractivity contribution is 5.76. The second-order valence-corrected chi connectivity index (χ2v) is 6.11. The van der Waals surface area contributed by atoms with Crippen molar-refractivity contribution >= 4 is 5.91 Å². The van der Waals surface area contributed by atoms with Gasteiger partial charge in [-0.25, -0.2) is 14.5 Å². The Hall–Kier alpha value is -3.42. The van der Waals surface area contributed by atoms with Crippen molar-refractivity contribution in [3.8, 4) is 11.4 Å². The van der Waals surface area contributed by atoms with Crippen molar-refractivity contribution in [2.45, 2.75) is 26.4 Å². The first-order chi connectivity index (χ1) is 13.0. The van der Waals surface area contributed by atoms with E-state index in [4.69, 9.17) is 4.74 Å². The van der Waals surface area contributed by atoms with E-state index in [2.05, 4.69) is 15.4 Å². The largest absolute Gasteiger partial charge is 0.497 e. The first-order valence-corrected chi connectivity index (χ1v) is 8.49. The predicted octanol–water partition coefficient (Wildman–Crippen LogP) is 1.62. The van der Waals surface area contributed by atoms with Gasteiger partial charge < -0.3 is 10.1 Å². The molecule has 0 saturated heterocycles. The molecule has 0 bridgehead atoms. The molecule has 0 aliphatic carbocycles. The number of hydrogen-bond acceptors (Lipinski definition) is 5. The Morgan fingerprint density at radius 1 is 1.30 bits per heavy atom. The molecule has 2 aromatic heterocycles. The summed E-state index contributed by atoms with van der Waals surface area (Å²) in [7, 11) is 1.62. The van der Waals surface area contributed by atoms with E-state index in [0.29, 0.717) is 0 Å². The molecule has 0 fully saturated rings. The van der Waals surface area contributed by atoms with Crippen molar-refractivity contribution in [1.29, 1.82) is 0 Å². The van der Waals surface area contributed by atoms with Gasteiger partial charge >= 0.3 is 5.69 Å². The lowest BCUT2D eigenvalue weighted by molar-refractivity contribution is -0.122. The van der Waals surface area contributed by atoms with E-state index in [9.17, 15) is 9.59 Å². The number of methoxy groups -OCH3 is 1. The predicted molar refractivity (Wildman–Crippen MR) is 99.9 cm³/mol. The number of amides is 1. The molecule has 0 aliphatic heterocycles. The summed E-state index contributed by atoms with van der Waals surface area (Å²) in [6.45, 7) is 3.75. The van der Waals surface area contributed by atoms with Crippen LogP contribution in [0.3, 0.4) is 0 Å². The van der Waals surface area contributed by atoms with Crippen LogP contribution in [0.15, 0.2) is 53.7 Å². The van der Waals surface area contributed by atoms with Crippen molar-refractivity contribution in [3.05, 3.63) is 70.7 Å². The Bertz CT molecular complexity index is 991. The summed E-state index contributed by atoms with van der Waals surface area (Å²) in [4.78, 5) is 27.5. The Morgan fingerprint density at radius 2 is 2.04 bits per heavy atom. The Labute approximate surface area is 156 Å². The van der Waals surface area contributed by atoms with Crippen LogP contribution in [0.4, 0.5) is 0 Å². The zero-order chi connectivity index (χ0) is 19.4. The van der Waals surface area contributed by atoms with Gasteiger partial charge in [0.15, 0.2) is 0 Å². The van der Waals surface area contributed by atoms with E-state index < -0.39 is 5.69 Å². The highest BCUT2D eigenvalue weighted by Crippen LogP contribution is 2.21. The monoisotopic (exact) mass is 367 g/mol. The van der Waals surface area contributed by atoms with Crippen molar-refractivity contribution < 1.29 is 9.53 Å². The second-order valence-electron chi connectivity index (χ2n) is 6.11. The molecule has 0 aliphatic rings. The lowest BCUT2D eigenvalue weighted by Crippen LogP contribution is -2.34. The number of rotatable bonds is 6. The number of carbonyl (C=O) groups excluding carboxylic acids is 1. The van der Waals surface area contributed by atoms with Crippen LogP contribution in [-0.2, 0) is 11.3 Å². The van der Waals surface area contributed by atoms with Gasteiger partial charge in [0.25, 0.3) is 0 Å². The van der Waals surface area contributed by atoms with Gasteiger partial charge in [0.05, 0.1) is 25.0 Å². The highest BCUT2D eigenvalue weighted by Gasteiger charge is 2.17. The molecule has 8 nitrogen and oxygen atoms in total. The van der Waals surface area contributed by atoms with E-state index in [1.807, 2.05) is 42.8 Å². The van der Waals surface area contributed by atoms with Crippen LogP contribution in [-0.4, -0.2) is 32.3 Å². The first kappa shape index (κ1) is 18.4. The Kier molecular flexibility index (Phi) is 5.35. The average molecular weight is 367 g/mol. The quantitative estimate of drug-likeness (QED) is 0.715. The fourth-order valence-corrected chi connectivity index (χ4v) is 2.86. The SMILES string of the molecule is COc1ccc(-n2ncc([C@H](C)NC(=O)Cn3cccnc3=O)c2C)cc1. The van der Waals surface area contributed by atoms with Crippen LogP contribution in [0.5, 0.6) is 5.75 Å². The van der Waals surface area contributed by atoms with Gasteiger partial charge in [0, 0.05) is 23.7 Å². The first-order valence-electron chi connectivity index (χ1n) is 8.49. The molecule has 2 heterocycles. The van der Waals surface area contributed by atoms with E-state index in [1.54, 1.807) is 19.4 Å². The van der Waals surface area contributed by atoms with Crippen LogP contribution in [0.1, 0.15) is 24.2 Å². The molecule has 3 aromatic rings. The van der Waals surface area contributed by atoms with E-state index in [1.165, 1.54) is 17.0 Å². The van der Waals surface area contributed by atoms with Crippen LogP contribution < -0.4 is 15.7 Å². The summed E-state index contributed by atoms with van der Waals surface area (Å²) in [5, 5.41) is 7.32. The minimum Gasteiger partial charge on any atom is -0.497 e. The zero-order valence-electron chi connectivity index (χ0n) is 15.4. The van der Waals surface area contributed by atoms with Gasteiger partial charge in [-0.05, 0) is 44.2 Å². The van der Waals surface area contributed by atoms with Gasteiger partial charge in [0.1, 0.15) is 12.3 Å². The lowest BCUT2D eigenvalue weighted by atomic mass is 10.1. The van der Waals surface area contributed by atoms with Gasteiger partial charge in [-0.3, -0.25) is 9.36 Å². The summed E-state index contributed by atoms with van der Waals surface area (Å²) in [5.74, 6) is 0.504. The third-order valence-corrected chi connectivity index (χ3v) is 4.31. The minimum atomic E-state index is -0.455. The molecule has 27 heavy (non-hydrogen) atoms. The molecule has 8 heteroatoms. The molecule has 1 atom stereocenters.